The summed E-state index contributed by atoms with van der Waals surface area (Å²) in [4.78, 5) is 9.10. The molecule has 0 aliphatic rings. The first kappa shape index (κ1) is 14.1. The van der Waals surface area contributed by atoms with Crippen molar-refractivity contribution < 1.29 is 4.42 Å². The highest BCUT2D eigenvalue weighted by molar-refractivity contribution is 9.10. The minimum atomic E-state index is -0.135. The molecule has 0 aliphatic carbocycles. The topological polar surface area (TPSA) is 64.9 Å². The fourth-order valence-corrected chi connectivity index (χ4v) is 3.00. The minimum absolute atomic E-state index is 0.135. The van der Waals surface area contributed by atoms with Gasteiger partial charge < -0.3 is 10.2 Å². The lowest BCUT2D eigenvalue weighted by molar-refractivity contribution is 0.564. The van der Waals surface area contributed by atoms with Crippen LogP contribution in [0.25, 0.3) is 22.4 Å². The van der Waals surface area contributed by atoms with Crippen molar-refractivity contribution in [1.29, 1.82) is 0 Å². The van der Waals surface area contributed by atoms with Crippen LogP contribution in [0, 0.1) is 0 Å². The van der Waals surface area contributed by atoms with E-state index in [1.807, 2.05) is 24.3 Å². The predicted molar refractivity (Wildman–Crippen MR) is 88.1 cm³/mol. The van der Waals surface area contributed by atoms with Crippen molar-refractivity contribution in [2.75, 3.05) is 5.73 Å². The SMILES string of the molecule is CC(C)(C)c1nc(-c2coc3ccccc23)nc(N)c1Br. The molecule has 0 radical (unpaired) electrons. The molecule has 0 atom stereocenters. The summed E-state index contributed by atoms with van der Waals surface area (Å²) >= 11 is 3.49. The molecule has 2 N–H and O–H groups in total. The Morgan fingerprint density at radius 1 is 1.14 bits per heavy atom. The Bertz CT molecular complexity index is 818. The van der Waals surface area contributed by atoms with Crippen LogP contribution in [0.2, 0.25) is 0 Å². The van der Waals surface area contributed by atoms with Gasteiger partial charge in [-0.3, -0.25) is 0 Å². The number of hydrogen-bond acceptors (Lipinski definition) is 4. The number of hydrogen-bond donors (Lipinski definition) is 1. The van der Waals surface area contributed by atoms with Crippen LogP contribution in [0.3, 0.4) is 0 Å². The van der Waals surface area contributed by atoms with Gasteiger partial charge in [0.25, 0.3) is 0 Å². The summed E-state index contributed by atoms with van der Waals surface area (Å²) in [7, 11) is 0. The highest BCUT2D eigenvalue weighted by Crippen LogP contribution is 2.35. The van der Waals surface area contributed by atoms with Crippen molar-refractivity contribution in [3.8, 4) is 11.4 Å². The standard InChI is InChI=1S/C16H16BrN3O/c1-16(2,3)13-12(17)14(18)20-15(19-13)10-8-21-11-7-5-4-6-9(10)11/h4-8H,1-3H3,(H2,18,19,20). The maximum absolute atomic E-state index is 6.04. The van der Waals surface area contributed by atoms with Gasteiger partial charge in [0.15, 0.2) is 5.82 Å². The van der Waals surface area contributed by atoms with Gasteiger partial charge >= 0.3 is 0 Å². The van der Waals surface area contributed by atoms with Crippen LogP contribution in [-0.2, 0) is 5.41 Å². The smallest absolute Gasteiger partial charge is 0.165 e. The molecule has 1 aromatic carbocycles. The fraction of sp³-hybridized carbons (Fsp3) is 0.250. The van der Waals surface area contributed by atoms with Crippen molar-refractivity contribution >= 4 is 32.7 Å². The second kappa shape index (κ2) is 4.84. The fourth-order valence-electron chi connectivity index (χ4n) is 2.23. The van der Waals surface area contributed by atoms with Crippen LogP contribution < -0.4 is 5.73 Å². The molecule has 2 aromatic heterocycles. The number of aromatic nitrogens is 2. The molecule has 0 saturated heterocycles. The first-order valence-electron chi connectivity index (χ1n) is 6.68. The van der Waals surface area contributed by atoms with Gasteiger partial charge in [-0.25, -0.2) is 9.97 Å². The quantitative estimate of drug-likeness (QED) is 0.703. The largest absolute Gasteiger partial charge is 0.464 e. The Hall–Kier alpha value is -1.88. The number of nitrogens with zero attached hydrogens (tertiary/aromatic N) is 2. The average molecular weight is 346 g/mol. The molecule has 0 aliphatic heterocycles. The Morgan fingerprint density at radius 3 is 2.57 bits per heavy atom. The van der Waals surface area contributed by atoms with Gasteiger partial charge in [-0.05, 0) is 22.0 Å². The number of para-hydroxylation sites is 1. The molecule has 0 unspecified atom stereocenters. The van der Waals surface area contributed by atoms with E-state index in [0.29, 0.717) is 11.6 Å². The number of furan rings is 1. The van der Waals surface area contributed by atoms with Gasteiger partial charge in [-0.15, -0.1) is 0 Å². The lowest BCUT2D eigenvalue weighted by atomic mass is 9.91. The first-order chi connectivity index (χ1) is 9.88. The molecule has 4 nitrogen and oxygen atoms in total. The lowest BCUT2D eigenvalue weighted by Gasteiger charge is -2.20. The summed E-state index contributed by atoms with van der Waals surface area (Å²) in [6, 6.07) is 7.82. The van der Waals surface area contributed by atoms with Crippen LogP contribution in [-0.4, -0.2) is 9.97 Å². The Labute approximate surface area is 131 Å². The minimum Gasteiger partial charge on any atom is -0.464 e. The third-order valence-corrected chi connectivity index (χ3v) is 4.09. The number of halogens is 1. The van der Waals surface area contributed by atoms with Crippen LogP contribution >= 0.6 is 15.9 Å². The third kappa shape index (κ3) is 2.42. The van der Waals surface area contributed by atoms with Crippen molar-refractivity contribution in [1.82, 2.24) is 9.97 Å². The number of anilines is 1. The number of fused-ring (bicyclic) bond motifs is 1. The van der Waals surface area contributed by atoms with Crippen molar-refractivity contribution in [3.05, 3.63) is 40.7 Å². The normalized spacial score (nSPS) is 12.0. The van der Waals surface area contributed by atoms with Gasteiger partial charge in [-0.1, -0.05) is 39.0 Å². The molecular formula is C16H16BrN3O. The number of nitrogen functional groups attached to an aromatic ring is 1. The Balaban J connectivity index is 2.26. The van der Waals surface area contributed by atoms with E-state index in [-0.39, 0.29) is 5.41 Å². The van der Waals surface area contributed by atoms with Crippen molar-refractivity contribution in [3.63, 3.8) is 0 Å². The molecule has 21 heavy (non-hydrogen) atoms. The Kier molecular flexibility index (Phi) is 3.24. The molecule has 3 aromatic rings. The molecule has 0 saturated carbocycles. The molecule has 108 valence electrons. The molecule has 0 spiro atoms. The van der Waals surface area contributed by atoms with Crippen LogP contribution in [0.15, 0.2) is 39.4 Å². The number of benzene rings is 1. The zero-order chi connectivity index (χ0) is 15.2. The van der Waals surface area contributed by atoms with Crippen LogP contribution in [0.4, 0.5) is 5.82 Å². The van der Waals surface area contributed by atoms with Crippen molar-refractivity contribution in [2.24, 2.45) is 0 Å². The second-order valence-electron chi connectivity index (χ2n) is 5.99. The summed E-state index contributed by atoms with van der Waals surface area (Å²) in [6.07, 6.45) is 1.68. The van der Waals surface area contributed by atoms with E-state index in [2.05, 4.69) is 41.7 Å². The molecule has 2 heterocycles. The van der Waals surface area contributed by atoms with Gasteiger partial charge in [-0.2, -0.15) is 0 Å². The average Bonchev–Trinajstić information content (AvgIpc) is 2.84. The van der Waals surface area contributed by atoms with E-state index < -0.39 is 0 Å². The monoisotopic (exact) mass is 345 g/mol. The van der Waals surface area contributed by atoms with E-state index in [0.717, 1.165) is 26.7 Å². The molecule has 0 fully saturated rings. The molecular weight excluding hydrogens is 330 g/mol. The summed E-state index contributed by atoms with van der Waals surface area (Å²) in [6.45, 7) is 6.28. The van der Waals surface area contributed by atoms with E-state index in [1.54, 1.807) is 6.26 Å². The van der Waals surface area contributed by atoms with E-state index in [4.69, 9.17) is 15.1 Å². The highest BCUT2D eigenvalue weighted by atomic mass is 79.9. The second-order valence-corrected chi connectivity index (χ2v) is 6.78. The molecule has 0 amide bonds. The van der Waals surface area contributed by atoms with Gasteiger partial charge in [0.05, 0.1) is 15.7 Å². The van der Waals surface area contributed by atoms with Crippen LogP contribution in [0.1, 0.15) is 26.5 Å². The molecule has 0 bridgehead atoms. The van der Waals surface area contributed by atoms with Gasteiger partial charge in [0, 0.05) is 10.8 Å². The summed E-state index contributed by atoms with van der Waals surface area (Å²) in [5.74, 6) is 1.03. The predicted octanol–water partition coefficient (Wildman–Crippen LogP) is 4.53. The third-order valence-electron chi connectivity index (χ3n) is 3.31. The maximum Gasteiger partial charge on any atom is 0.165 e. The first-order valence-corrected chi connectivity index (χ1v) is 7.47. The number of nitrogens with two attached hydrogens (primary N) is 1. The van der Waals surface area contributed by atoms with E-state index in [1.165, 1.54) is 0 Å². The van der Waals surface area contributed by atoms with Crippen molar-refractivity contribution in [2.45, 2.75) is 26.2 Å². The maximum atomic E-state index is 6.04. The molecule has 5 heteroatoms. The zero-order valence-electron chi connectivity index (χ0n) is 12.1. The summed E-state index contributed by atoms with van der Waals surface area (Å²) in [5, 5.41) is 0.985. The highest BCUT2D eigenvalue weighted by Gasteiger charge is 2.23. The van der Waals surface area contributed by atoms with E-state index >= 15 is 0 Å². The number of rotatable bonds is 1. The summed E-state index contributed by atoms with van der Waals surface area (Å²) < 4.78 is 6.32. The van der Waals surface area contributed by atoms with Gasteiger partial charge in [0.2, 0.25) is 0 Å². The molecule has 3 rings (SSSR count). The van der Waals surface area contributed by atoms with E-state index in [9.17, 15) is 0 Å². The summed E-state index contributed by atoms with van der Waals surface area (Å²) in [5.41, 5.74) is 8.46. The van der Waals surface area contributed by atoms with Gasteiger partial charge in [0.1, 0.15) is 17.7 Å². The zero-order valence-corrected chi connectivity index (χ0v) is 13.7. The van der Waals surface area contributed by atoms with Crippen LogP contribution in [0.5, 0.6) is 0 Å². The lowest BCUT2D eigenvalue weighted by Crippen LogP contribution is -2.17. The Morgan fingerprint density at radius 2 is 1.86 bits per heavy atom.